The van der Waals surface area contributed by atoms with Gasteiger partial charge in [0.1, 0.15) is 11.5 Å². The van der Waals surface area contributed by atoms with E-state index in [1.807, 2.05) is 0 Å². The summed E-state index contributed by atoms with van der Waals surface area (Å²) in [6, 6.07) is 9.55. The molecule has 3 rings (SSSR count). The standard InChI is InChI=1S/C13H8BrClFN5/c14-7-1-4-12(10(16)5-7)21-13(18-19-20-21)9-6-8(15)2-3-11(9)17/h1-6H,17H2. The summed E-state index contributed by atoms with van der Waals surface area (Å²) < 4.78 is 16.0. The van der Waals surface area contributed by atoms with Crippen LogP contribution in [-0.2, 0) is 0 Å². The lowest BCUT2D eigenvalue weighted by Gasteiger charge is -2.08. The molecule has 0 unspecified atom stereocenters. The third-order valence-corrected chi connectivity index (χ3v) is 3.59. The number of hydrogen-bond acceptors (Lipinski definition) is 4. The smallest absolute Gasteiger partial charge is 0.189 e. The predicted molar refractivity (Wildman–Crippen MR) is 81.7 cm³/mol. The molecule has 0 aliphatic heterocycles. The zero-order chi connectivity index (χ0) is 15.0. The first kappa shape index (κ1) is 14.0. The maximum Gasteiger partial charge on any atom is 0.189 e. The molecule has 0 aliphatic rings. The van der Waals surface area contributed by atoms with Crippen LogP contribution in [0.2, 0.25) is 5.02 Å². The molecule has 0 aliphatic carbocycles. The number of nitrogen functional groups attached to an aromatic ring is 1. The Bertz CT molecular complexity index is 820. The SMILES string of the molecule is Nc1ccc(Cl)cc1-c1nnnn1-c1ccc(Br)cc1F. The maximum absolute atomic E-state index is 14.1. The Morgan fingerprint density at radius 2 is 2.00 bits per heavy atom. The van der Waals surface area contributed by atoms with Gasteiger partial charge >= 0.3 is 0 Å². The zero-order valence-electron chi connectivity index (χ0n) is 10.5. The van der Waals surface area contributed by atoms with Gasteiger partial charge in [-0.1, -0.05) is 27.5 Å². The summed E-state index contributed by atoms with van der Waals surface area (Å²) in [5.41, 5.74) is 7.13. The third kappa shape index (κ3) is 2.62. The number of tetrazole rings is 1. The molecule has 0 spiro atoms. The minimum Gasteiger partial charge on any atom is -0.398 e. The summed E-state index contributed by atoms with van der Waals surface area (Å²) in [6.07, 6.45) is 0. The fourth-order valence-electron chi connectivity index (χ4n) is 1.89. The highest BCUT2D eigenvalue weighted by Crippen LogP contribution is 2.29. The highest BCUT2D eigenvalue weighted by atomic mass is 79.9. The van der Waals surface area contributed by atoms with Gasteiger partial charge in [0.05, 0.1) is 0 Å². The molecule has 0 fully saturated rings. The van der Waals surface area contributed by atoms with Gasteiger partial charge in [0.25, 0.3) is 0 Å². The summed E-state index contributed by atoms with van der Waals surface area (Å²) in [4.78, 5) is 0. The highest BCUT2D eigenvalue weighted by molar-refractivity contribution is 9.10. The van der Waals surface area contributed by atoms with Crippen LogP contribution in [0.1, 0.15) is 0 Å². The van der Waals surface area contributed by atoms with Crippen molar-refractivity contribution in [2.45, 2.75) is 0 Å². The van der Waals surface area contributed by atoms with Gasteiger partial charge in [-0.25, -0.2) is 4.39 Å². The average Bonchev–Trinajstić information content (AvgIpc) is 2.90. The van der Waals surface area contributed by atoms with Crippen LogP contribution in [0.4, 0.5) is 10.1 Å². The first-order valence-corrected chi connectivity index (χ1v) is 7.02. The van der Waals surface area contributed by atoms with Crippen molar-refractivity contribution in [3.8, 4) is 17.1 Å². The normalized spacial score (nSPS) is 10.8. The lowest BCUT2D eigenvalue weighted by Crippen LogP contribution is -2.04. The number of nitrogens with zero attached hydrogens (tertiary/aromatic N) is 4. The minimum absolute atomic E-state index is 0.220. The molecule has 8 heteroatoms. The van der Waals surface area contributed by atoms with Gasteiger partial charge in [-0.2, -0.15) is 4.68 Å². The Morgan fingerprint density at radius 3 is 2.76 bits per heavy atom. The highest BCUT2D eigenvalue weighted by Gasteiger charge is 2.16. The second-order valence-electron chi connectivity index (χ2n) is 4.24. The third-order valence-electron chi connectivity index (χ3n) is 2.86. The van der Waals surface area contributed by atoms with Crippen molar-refractivity contribution < 1.29 is 4.39 Å². The van der Waals surface area contributed by atoms with Crippen molar-refractivity contribution >= 4 is 33.2 Å². The van der Waals surface area contributed by atoms with Gasteiger partial charge in [-0.15, -0.1) is 5.10 Å². The summed E-state index contributed by atoms with van der Waals surface area (Å²) in [5.74, 6) is -0.144. The molecule has 0 atom stereocenters. The molecule has 5 nitrogen and oxygen atoms in total. The van der Waals surface area contributed by atoms with Crippen LogP contribution < -0.4 is 5.73 Å². The van der Waals surface area contributed by atoms with Gasteiger partial charge in [0.15, 0.2) is 5.82 Å². The van der Waals surface area contributed by atoms with Crippen molar-refractivity contribution in [2.75, 3.05) is 5.73 Å². The molecule has 106 valence electrons. The Hall–Kier alpha value is -1.99. The van der Waals surface area contributed by atoms with Gasteiger partial charge in [0.2, 0.25) is 0 Å². The van der Waals surface area contributed by atoms with Crippen LogP contribution in [0.5, 0.6) is 0 Å². The quantitative estimate of drug-likeness (QED) is 0.703. The molecule has 1 heterocycles. The van der Waals surface area contributed by atoms with E-state index < -0.39 is 5.82 Å². The van der Waals surface area contributed by atoms with Gasteiger partial charge in [0, 0.05) is 20.7 Å². The lowest BCUT2D eigenvalue weighted by molar-refractivity contribution is 0.607. The van der Waals surface area contributed by atoms with Crippen molar-refractivity contribution in [3.05, 3.63) is 51.7 Å². The first-order valence-electron chi connectivity index (χ1n) is 5.85. The molecule has 0 saturated carbocycles. The summed E-state index contributed by atoms with van der Waals surface area (Å²) in [6.45, 7) is 0. The monoisotopic (exact) mass is 367 g/mol. The molecule has 1 aromatic heterocycles. The van der Waals surface area contributed by atoms with E-state index >= 15 is 0 Å². The molecular formula is C13H8BrClFN5. The van der Waals surface area contributed by atoms with Gasteiger partial charge < -0.3 is 5.73 Å². The molecular weight excluding hydrogens is 361 g/mol. The van der Waals surface area contributed by atoms with Crippen LogP contribution in [-0.4, -0.2) is 20.2 Å². The van der Waals surface area contributed by atoms with Crippen LogP contribution in [0, 0.1) is 5.82 Å². The first-order chi connectivity index (χ1) is 10.1. The Balaban J connectivity index is 2.19. The molecule has 2 aromatic carbocycles. The predicted octanol–water partition coefficient (Wildman–Crippen LogP) is 3.47. The number of hydrogen-bond donors (Lipinski definition) is 1. The van der Waals surface area contributed by atoms with E-state index in [1.54, 1.807) is 30.3 Å². The lowest BCUT2D eigenvalue weighted by atomic mass is 10.1. The molecule has 0 amide bonds. The van der Waals surface area contributed by atoms with Gasteiger partial charge in [-0.05, 0) is 46.8 Å². The van der Waals surface area contributed by atoms with Crippen molar-refractivity contribution in [1.29, 1.82) is 0 Å². The molecule has 3 aromatic rings. The van der Waals surface area contributed by atoms with E-state index in [2.05, 4.69) is 31.5 Å². The molecule has 0 radical (unpaired) electrons. The van der Waals surface area contributed by atoms with Crippen LogP contribution in [0.25, 0.3) is 17.1 Å². The molecule has 0 saturated heterocycles. The zero-order valence-corrected chi connectivity index (χ0v) is 12.8. The number of nitrogens with two attached hydrogens (primary N) is 1. The summed E-state index contributed by atoms with van der Waals surface area (Å²) in [5, 5.41) is 11.8. The fourth-order valence-corrected chi connectivity index (χ4v) is 2.40. The van der Waals surface area contributed by atoms with E-state index in [0.717, 1.165) is 0 Å². The number of rotatable bonds is 2. The Morgan fingerprint density at radius 1 is 1.19 bits per heavy atom. The van der Waals surface area contributed by atoms with Crippen molar-refractivity contribution in [2.24, 2.45) is 0 Å². The van der Waals surface area contributed by atoms with Gasteiger partial charge in [-0.3, -0.25) is 0 Å². The minimum atomic E-state index is -0.460. The van der Waals surface area contributed by atoms with E-state index in [9.17, 15) is 4.39 Å². The Kier molecular flexibility index (Phi) is 3.60. The maximum atomic E-state index is 14.1. The average molecular weight is 369 g/mol. The van der Waals surface area contributed by atoms with Crippen LogP contribution in [0.15, 0.2) is 40.9 Å². The second-order valence-corrected chi connectivity index (χ2v) is 5.59. The van der Waals surface area contributed by atoms with E-state index in [-0.39, 0.29) is 5.69 Å². The number of anilines is 1. The molecule has 2 N–H and O–H groups in total. The summed E-state index contributed by atoms with van der Waals surface area (Å²) >= 11 is 9.18. The van der Waals surface area contributed by atoms with Crippen LogP contribution in [0.3, 0.4) is 0 Å². The molecule has 21 heavy (non-hydrogen) atoms. The number of aromatic nitrogens is 4. The van der Waals surface area contributed by atoms with Crippen molar-refractivity contribution in [3.63, 3.8) is 0 Å². The fraction of sp³-hybridized carbons (Fsp3) is 0. The van der Waals surface area contributed by atoms with Crippen LogP contribution >= 0.6 is 27.5 Å². The van der Waals surface area contributed by atoms with E-state index in [0.29, 0.717) is 26.6 Å². The largest absolute Gasteiger partial charge is 0.398 e. The van der Waals surface area contributed by atoms with E-state index in [1.165, 1.54) is 10.7 Å². The Labute approximate surface area is 132 Å². The number of halogens is 3. The topological polar surface area (TPSA) is 69.6 Å². The van der Waals surface area contributed by atoms with E-state index in [4.69, 9.17) is 17.3 Å². The van der Waals surface area contributed by atoms with Crippen molar-refractivity contribution in [1.82, 2.24) is 20.2 Å². The number of benzene rings is 2. The summed E-state index contributed by atoms with van der Waals surface area (Å²) in [7, 11) is 0. The second kappa shape index (κ2) is 5.42. The molecule has 0 bridgehead atoms.